The Labute approximate surface area is 218 Å². The van der Waals surface area contributed by atoms with Crippen LogP contribution in [0, 0.1) is 18.3 Å². The van der Waals surface area contributed by atoms with E-state index < -0.39 is 17.3 Å². The Morgan fingerprint density at radius 2 is 1.89 bits per heavy atom. The Morgan fingerprint density at radius 1 is 1.14 bits per heavy atom. The maximum atomic E-state index is 13.4. The highest BCUT2D eigenvalue weighted by atomic mass is 35.5. The van der Waals surface area contributed by atoms with Crippen molar-refractivity contribution < 1.29 is 4.79 Å². The molecule has 0 spiro atoms. The third-order valence-corrected chi connectivity index (χ3v) is 6.69. The molecule has 1 N–H and O–H groups in total. The number of hydrogen-bond acceptors (Lipinski definition) is 8. The van der Waals surface area contributed by atoms with Gasteiger partial charge in [-0.2, -0.15) is 5.26 Å². The van der Waals surface area contributed by atoms with Crippen LogP contribution in [-0.2, 0) is 6.54 Å². The van der Waals surface area contributed by atoms with Gasteiger partial charge in [0.15, 0.2) is 5.92 Å². The van der Waals surface area contributed by atoms with Crippen LogP contribution >= 0.6 is 11.6 Å². The summed E-state index contributed by atoms with van der Waals surface area (Å²) in [6, 6.07) is 17.5. The number of benzene rings is 2. The van der Waals surface area contributed by atoms with E-state index in [9.17, 15) is 14.9 Å². The van der Waals surface area contributed by atoms with Crippen molar-refractivity contribution in [2.45, 2.75) is 19.4 Å². The number of ketones is 1. The molecule has 10 heteroatoms. The Kier molecular flexibility index (Phi) is 6.95. The number of nitrogens with one attached hydrogen (secondary N) is 1. The first-order valence-corrected chi connectivity index (χ1v) is 12.3. The number of hydrogen-bond donors (Lipinski definition) is 1. The number of halogens is 1. The number of H-pyrrole nitrogens is 1. The van der Waals surface area contributed by atoms with Crippen LogP contribution in [0.15, 0.2) is 59.5 Å². The molecule has 1 aliphatic heterocycles. The van der Waals surface area contributed by atoms with Gasteiger partial charge in [-0.3, -0.25) is 14.5 Å². The Balaban J connectivity index is 1.36. The lowest BCUT2D eigenvalue weighted by atomic mass is 10.0. The predicted octanol–water partition coefficient (Wildman–Crippen LogP) is 3.49. The van der Waals surface area contributed by atoms with E-state index >= 15 is 0 Å². The van der Waals surface area contributed by atoms with Gasteiger partial charge in [0.1, 0.15) is 11.5 Å². The largest absolute Gasteiger partial charge is 0.338 e. The smallest absolute Gasteiger partial charge is 0.258 e. The van der Waals surface area contributed by atoms with E-state index in [0.717, 1.165) is 25.2 Å². The topological polar surface area (TPSA) is 119 Å². The van der Waals surface area contributed by atoms with Crippen molar-refractivity contribution >= 4 is 34.2 Å². The van der Waals surface area contributed by atoms with Crippen molar-refractivity contribution in [1.29, 1.82) is 5.26 Å². The van der Waals surface area contributed by atoms with E-state index in [2.05, 4.69) is 37.0 Å². The van der Waals surface area contributed by atoms with Gasteiger partial charge in [-0.1, -0.05) is 53.6 Å². The maximum Gasteiger partial charge on any atom is 0.258 e. The second-order valence-electron chi connectivity index (χ2n) is 9.01. The van der Waals surface area contributed by atoms with Gasteiger partial charge in [0.25, 0.3) is 5.56 Å². The SMILES string of the molecule is Cc1ccc2nc(C(C#N)C(=O)c3nc(N4CCN(Cc5ccccc5)CC4)ncc3Cl)[nH]c(=O)c2c1. The van der Waals surface area contributed by atoms with Crippen LogP contribution < -0.4 is 10.5 Å². The van der Waals surface area contributed by atoms with E-state index in [1.165, 1.54) is 11.8 Å². The second kappa shape index (κ2) is 10.5. The fraction of sp³-hybridized carbons (Fsp3) is 0.259. The summed E-state index contributed by atoms with van der Waals surface area (Å²) in [7, 11) is 0. The average Bonchev–Trinajstić information content (AvgIpc) is 2.91. The van der Waals surface area contributed by atoms with Crippen molar-refractivity contribution in [2.24, 2.45) is 0 Å². The number of nitriles is 1. The highest BCUT2D eigenvalue weighted by Crippen LogP contribution is 2.24. The van der Waals surface area contributed by atoms with Gasteiger partial charge < -0.3 is 9.88 Å². The van der Waals surface area contributed by atoms with Crippen molar-refractivity contribution in [3.05, 3.63) is 92.7 Å². The van der Waals surface area contributed by atoms with Crippen molar-refractivity contribution in [3.63, 3.8) is 0 Å². The second-order valence-corrected chi connectivity index (χ2v) is 9.42. The summed E-state index contributed by atoms with van der Waals surface area (Å²) in [5, 5.41) is 10.3. The van der Waals surface area contributed by atoms with E-state index in [-0.39, 0.29) is 16.5 Å². The highest BCUT2D eigenvalue weighted by Gasteiger charge is 2.29. The van der Waals surface area contributed by atoms with Crippen LogP contribution in [0.2, 0.25) is 5.02 Å². The predicted molar refractivity (Wildman–Crippen MR) is 141 cm³/mol. The third-order valence-electron chi connectivity index (χ3n) is 6.41. The van der Waals surface area contributed by atoms with E-state index in [1.807, 2.05) is 42.2 Å². The van der Waals surface area contributed by atoms with Crippen molar-refractivity contribution in [3.8, 4) is 6.07 Å². The van der Waals surface area contributed by atoms with E-state index in [4.69, 9.17) is 11.6 Å². The third kappa shape index (κ3) is 5.21. The summed E-state index contributed by atoms with van der Waals surface area (Å²) in [6.07, 6.45) is 1.38. The summed E-state index contributed by atoms with van der Waals surface area (Å²) in [5.74, 6) is -1.69. The van der Waals surface area contributed by atoms with E-state index in [1.54, 1.807) is 12.1 Å². The number of aromatic amines is 1. The fourth-order valence-electron chi connectivity index (χ4n) is 4.42. The molecule has 2 aromatic heterocycles. The molecule has 0 amide bonds. The van der Waals surface area contributed by atoms with Gasteiger partial charge in [0.2, 0.25) is 11.7 Å². The molecule has 0 bridgehead atoms. The number of Topliss-reactive ketones (excluding diaryl/α,β-unsaturated/α-hetero) is 1. The lowest BCUT2D eigenvalue weighted by Gasteiger charge is -2.34. The Bertz CT molecular complexity index is 1560. The number of aryl methyl sites for hydroxylation is 1. The standard InChI is InChI=1S/C27H24ClN7O2/c1-17-7-8-22-19(13-17)26(37)33-25(31-22)20(14-29)24(36)23-21(28)15-30-27(32-23)35-11-9-34(10-12-35)16-18-5-3-2-4-6-18/h2-8,13,15,20H,9-12,16H2,1H3,(H,31,33,37). The van der Waals surface area contributed by atoms with Gasteiger partial charge in [0.05, 0.1) is 28.2 Å². The lowest BCUT2D eigenvalue weighted by Crippen LogP contribution is -2.46. The minimum Gasteiger partial charge on any atom is -0.338 e. The van der Waals surface area contributed by atoms with Crippen LogP contribution in [0.3, 0.4) is 0 Å². The molecule has 186 valence electrons. The average molecular weight is 514 g/mol. The summed E-state index contributed by atoms with van der Waals surface area (Å²) in [5.41, 5.74) is 2.07. The monoisotopic (exact) mass is 513 g/mol. The van der Waals surface area contributed by atoms with Gasteiger partial charge >= 0.3 is 0 Å². The molecule has 1 atom stereocenters. The molecule has 4 aromatic rings. The first-order chi connectivity index (χ1) is 17.9. The molecular formula is C27H24ClN7O2. The van der Waals surface area contributed by atoms with Crippen LogP contribution in [-0.4, -0.2) is 56.8 Å². The van der Waals surface area contributed by atoms with Crippen LogP contribution in [0.25, 0.3) is 10.9 Å². The number of fused-ring (bicyclic) bond motifs is 1. The molecule has 3 heterocycles. The molecule has 1 saturated heterocycles. The normalized spacial score (nSPS) is 14.9. The molecule has 0 aliphatic carbocycles. The lowest BCUT2D eigenvalue weighted by molar-refractivity contribution is 0.0971. The molecule has 1 fully saturated rings. The molecule has 0 radical (unpaired) electrons. The number of piperazine rings is 1. The van der Waals surface area contributed by atoms with Gasteiger partial charge in [0, 0.05) is 32.7 Å². The van der Waals surface area contributed by atoms with Crippen LogP contribution in [0.5, 0.6) is 0 Å². The molecule has 0 saturated carbocycles. The number of nitrogens with zero attached hydrogens (tertiary/aromatic N) is 6. The van der Waals surface area contributed by atoms with Crippen LogP contribution in [0.4, 0.5) is 5.95 Å². The summed E-state index contributed by atoms with van der Waals surface area (Å²) in [4.78, 5) is 46.1. The van der Waals surface area contributed by atoms with Gasteiger partial charge in [-0.15, -0.1) is 0 Å². The van der Waals surface area contributed by atoms with Crippen molar-refractivity contribution in [1.82, 2.24) is 24.8 Å². The molecular weight excluding hydrogens is 490 g/mol. The first-order valence-electron chi connectivity index (χ1n) is 11.9. The number of carbonyl (C=O) groups is 1. The minimum absolute atomic E-state index is 0.0375. The Morgan fingerprint density at radius 3 is 2.62 bits per heavy atom. The molecule has 5 rings (SSSR count). The number of carbonyl (C=O) groups excluding carboxylic acids is 1. The number of anilines is 1. The molecule has 1 aliphatic rings. The maximum absolute atomic E-state index is 13.4. The van der Waals surface area contributed by atoms with Crippen LogP contribution in [0.1, 0.15) is 33.4 Å². The molecule has 37 heavy (non-hydrogen) atoms. The molecule has 1 unspecified atom stereocenters. The number of aromatic nitrogens is 4. The fourth-order valence-corrected chi connectivity index (χ4v) is 4.60. The van der Waals surface area contributed by atoms with E-state index in [0.29, 0.717) is 29.9 Å². The summed E-state index contributed by atoms with van der Waals surface area (Å²) >= 11 is 6.30. The molecule has 9 nitrogen and oxygen atoms in total. The quantitative estimate of drug-likeness (QED) is 0.389. The highest BCUT2D eigenvalue weighted by molar-refractivity contribution is 6.33. The van der Waals surface area contributed by atoms with Crippen molar-refractivity contribution in [2.75, 3.05) is 31.1 Å². The minimum atomic E-state index is -1.37. The zero-order valence-electron chi connectivity index (χ0n) is 20.2. The Hall–Kier alpha value is -4.13. The summed E-state index contributed by atoms with van der Waals surface area (Å²) in [6.45, 7) is 5.72. The molecule has 2 aromatic carbocycles. The van der Waals surface area contributed by atoms with Gasteiger partial charge in [-0.05, 0) is 24.6 Å². The first kappa shape index (κ1) is 24.6. The number of rotatable bonds is 6. The summed E-state index contributed by atoms with van der Waals surface area (Å²) < 4.78 is 0. The zero-order valence-corrected chi connectivity index (χ0v) is 20.9. The van der Waals surface area contributed by atoms with Gasteiger partial charge in [-0.25, -0.2) is 15.0 Å². The zero-order chi connectivity index (χ0) is 25.9.